The van der Waals surface area contributed by atoms with E-state index < -0.39 is 0 Å². The Balaban J connectivity index is 2.81. The quantitative estimate of drug-likeness (QED) is 0.596. The number of thiophene rings is 1. The highest BCUT2D eigenvalue weighted by molar-refractivity contribution is 9.08. The summed E-state index contributed by atoms with van der Waals surface area (Å²) < 4.78 is 1.23. The molecule has 3 heteroatoms. The van der Waals surface area contributed by atoms with Crippen LogP contribution in [0.25, 0.3) is 10.1 Å². The summed E-state index contributed by atoms with van der Waals surface area (Å²) in [5.41, 5.74) is 2.48. The number of carbonyl (C=O) groups excluding carboxylic acids is 1. The summed E-state index contributed by atoms with van der Waals surface area (Å²) in [6, 6.07) is 6.17. The topological polar surface area (TPSA) is 17.1 Å². The first-order valence-electron chi connectivity index (χ1n) is 4.29. The molecule has 2 rings (SSSR count). The molecule has 0 unspecified atom stereocenters. The average Bonchev–Trinajstić information content (AvgIpc) is 2.63. The highest BCUT2D eigenvalue weighted by atomic mass is 79.9. The van der Waals surface area contributed by atoms with E-state index in [1.165, 1.54) is 21.2 Å². The molecule has 1 heterocycles. The lowest BCUT2D eigenvalue weighted by Gasteiger charge is -2.00. The predicted octanol–water partition coefficient (Wildman–Crippen LogP) is 3.92. The maximum absolute atomic E-state index is 10.7. The summed E-state index contributed by atoms with van der Waals surface area (Å²) in [7, 11) is 0. The van der Waals surface area contributed by atoms with Crippen LogP contribution in [0.2, 0.25) is 0 Å². The Bertz CT molecular complexity index is 487. The number of hydrogen-bond acceptors (Lipinski definition) is 2. The number of fused-ring (bicyclic) bond motifs is 1. The van der Waals surface area contributed by atoms with E-state index in [9.17, 15) is 4.79 Å². The van der Waals surface area contributed by atoms with Gasteiger partial charge in [0, 0.05) is 10.0 Å². The molecule has 0 saturated heterocycles. The molecule has 0 spiro atoms. The fraction of sp³-hybridized carbons (Fsp3) is 0.182. The van der Waals surface area contributed by atoms with E-state index in [4.69, 9.17) is 0 Å². The van der Waals surface area contributed by atoms with E-state index in [1.54, 1.807) is 11.3 Å². The summed E-state index contributed by atoms with van der Waals surface area (Å²) in [6.45, 7) is 2.07. The zero-order valence-corrected chi connectivity index (χ0v) is 10.1. The molecule has 0 aliphatic carbocycles. The molecule has 1 aromatic carbocycles. The van der Waals surface area contributed by atoms with Gasteiger partial charge in [0.15, 0.2) is 6.29 Å². The minimum absolute atomic E-state index is 0.802. The highest BCUT2D eigenvalue weighted by Crippen LogP contribution is 2.31. The molecule has 0 amide bonds. The van der Waals surface area contributed by atoms with E-state index in [0.29, 0.717) is 0 Å². The number of rotatable bonds is 2. The standard InChI is InChI=1S/C11H9BrOS/c1-7-2-3-8(5-12)10-4-9(6-13)14-11(7)10/h2-4,6H,5H2,1H3. The predicted molar refractivity (Wildman–Crippen MR) is 64.6 cm³/mol. The van der Waals surface area contributed by atoms with Gasteiger partial charge in [-0.05, 0) is 29.5 Å². The fourth-order valence-electron chi connectivity index (χ4n) is 1.51. The van der Waals surface area contributed by atoms with Crippen molar-refractivity contribution >= 4 is 43.6 Å². The van der Waals surface area contributed by atoms with Crippen LogP contribution in [0.3, 0.4) is 0 Å². The zero-order chi connectivity index (χ0) is 10.1. The molecule has 0 saturated carbocycles. The first kappa shape index (κ1) is 9.87. The Morgan fingerprint density at radius 3 is 2.93 bits per heavy atom. The average molecular weight is 269 g/mol. The molecule has 0 aliphatic rings. The maximum Gasteiger partial charge on any atom is 0.160 e. The van der Waals surface area contributed by atoms with Crippen LogP contribution in [0.5, 0.6) is 0 Å². The number of aryl methyl sites for hydroxylation is 1. The fourth-order valence-corrected chi connectivity index (χ4v) is 2.99. The molecule has 1 aromatic heterocycles. The van der Waals surface area contributed by atoms with Gasteiger partial charge in [-0.1, -0.05) is 28.1 Å². The van der Waals surface area contributed by atoms with Crippen molar-refractivity contribution in [2.45, 2.75) is 12.3 Å². The Labute approximate surface area is 94.9 Å². The number of benzene rings is 1. The van der Waals surface area contributed by atoms with Crippen molar-refractivity contribution in [3.8, 4) is 0 Å². The van der Waals surface area contributed by atoms with E-state index in [2.05, 4.69) is 35.0 Å². The summed E-state index contributed by atoms with van der Waals surface area (Å²) in [4.78, 5) is 11.5. The lowest BCUT2D eigenvalue weighted by atomic mass is 10.1. The number of carbonyl (C=O) groups is 1. The van der Waals surface area contributed by atoms with Crippen molar-refractivity contribution in [3.05, 3.63) is 34.2 Å². The number of aldehydes is 1. The van der Waals surface area contributed by atoms with Crippen molar-refractivity contribution in [2.24, 2.45) is 0 Å². The van der Waals surface area contributed by atoms with Gasteiger partial charge in [-0.25, -0.2) is 0 Å². The van der Waals surface area contributed by atoms with E-state index in [-0.39, 0.29) is 0 Å². The molecule has 2 aromatic rings. The van der Waals surface area contributed by atoms with Gasteiger partial charge in [0.2, 0.25) is 0 Å². The molecule has 0 atom stereocenters. The Morgan fingerprint density at radius 2 is 2.29 bits per heavy atom. The van der Waals surface area contributed by atoms with Crippen LogP contribution in [-0.2, 0) is 5.33 Å². The third kappa shape index (κ3) is 1.51. The Hall–Kier alpha value is -0.670. The number of halogens is 1. The zero-order valence-electron chi connectivity index (χ0n) is 7.71. The van der Waals surface area contributed by atoms with E-state index >= 15 is 0 Å². The lowest BCUT2D eigenvalue weighted by Crippen LogP contribution is -1.79. The van der Waals surface area contributed by atoms with Crippen molar-refractivity contribution in [1.29, 1.82) is 0 Å². The summed E-state index contributed by atoms with van der Waals surface area (Å²) in [6.07, 6.45) is 0.919. The van der Waals surface area contributed by atoms with Gasteiger partial charge in [-0.3, -0.25) is 4.79 Å². The molecular formula is C11H9BrOS. The second-order valence-electron chi connectivity index (χ2n) is 3.18. The second kappa shape index (κ2) is 3.83. The number of hydrogen-bond donors (Lipinski definition) is 0. The smallest absolute Gasteiger partial charge is 0.160 e. The molecule has 0 fully saturated rings. The normalized spacial score (nSPS) is 10.7. The van der Waals surface area contributed by atoms with Gasteiger partial charge >= 0.3 is 0 Å². The van der Waals surface area contributed by atoms with Gasteiger partial charge in [-0.15, -0.1) is 11.3 Å². The summed E-state index contributed by atoms with van der Waals surface area (Å²) in [5.74, 6) is 0. The molecule has 0 bridgehead atoms. The maximum atomic E-state index is 10.7. The number of alkyl halides is 1. The van der Waals surface area contributed by atoms with Gasteiger partial charge in [-0.2, -0.15) is 0 Å². The minimum atomic E-state index is 0.802. The van der Waals surface area contributed by atoms with Crippen molar-refractivity contribution in [1.82, 2.24) is 0 Å². The van der Waals surface area contributed by atoms with Gasteiger partial charge in [0.25, 0.3) is 0 Å². The first-order chi connectivity index (χ1) is 6.76. The monoisotopic (exact) mass is 268 g/mol. The van der Waals surface area contributed by atoms with Crippen LogP contribution in [0.4, 0.5) is 0 Å². The lowest BCUT2D eigenvalue weighted by molar-refractivity contribution is 0.112. The molecule has 14 heavy (non-hydrogen) atoms. The van der Waals surface area contributed by atoms with Gasteiger partial charge in [0.05, 0.1) is 4.88 Å². The Morgan fingerprint density at radius 1 is 1.50 bits per heavy atom. The largest absolute Gasteiger partial charge is 0.297 e. The van der Waals surface area contributed by atoms with Crippen LogP contribution in [0, 0.1) is 6.92 Å². The molecule has 0 N–H and O–H groups in total. The van der Waals surface area contributed by atoms with E-state index in [0.717, 1.165) is 16.5 Å². The van der Waals surface area contributed by atoms with E-state index in [1.807, 2.05) is 6.07 Å². The second-order valence-corrected chi connectivity index (χ2v) is 4.83. The van der Waals surface area contributed by atoms with Crippen molar-refractivity contribution in [2.75, 3.05) is 0 Å². The van der Waals surface area contributed by atoms with Crippen LogP contribution < -0.4 is 0 Å². The summed E-state index contributed by atoms with van der Waals surface area (Å²) in [5, 5.41) is 2.03. The Kier molecular flexibility index (Phi) is 2.70. The van der Waals surface area contributed by atoms with Gasteiger partial charge in [0.1, 0.15) is 0 Å². The van der Waals surface area contributed by atoms with Crippen LogP contribution in [0.15, 0.2) is 18.2 Å². The third-order valence-corrected chi connectivity index (χ3v) is 4.05. The molecule has 0 radical (unpaired) electrons. The SMILES string of the molecule is Cc1ccc(CBr)c2cc(C=O)sc12. The van der Waals surface area contributed by atoms with Gasteiger partial charge < -0.3 is 0 Å². The summed E-state index contributed by atoms with van der Waals surface area (Å²) >= 11 is 5.02. The van der Waals surface area contributed by atoms with Crippen molar-refractivity contribution < 1.29 is 4.79 Å². The van der Waals surface area contributed by atoms with Crippen LogP contribution >= 0.6 is 27.3 Å². The first-order valence-corrected chi connectivity index (χ1v) is 6.23. The molecule has 0 aliphatic heterocycles. The van der Waals surface area contributed by atoms with Crippen molar-refractivity contribution in [3.63, 3.8) is 0 Å². The minimum Gasteiger partial charge on any atom is -0.297 e. The third-order valence-electron chi connectivity index (χ3n) is 2.25. The molecule has 1 nitrogen and oxygen atoms in total. The van der Waals surface area contributed by atoms with Crippen LogP contribution in [0.1, 0.15) is 20.8 Å². The highest BCUT2D eigenvalue weighted by Gasteiger charge is 2.07. The molecular weight excluding hydrogens is 260 g/mol. The molecule has 72 valence electrons. The van der Waals surface area contributed by atoms with Crippen LogP contribution in [-0.4, -0.2) is 6.29 Å².